The Kier molecular flexibility index (Phi) is 3.42. The van der Waals surface area contributed by atoms with Crippen LogP contribution in [0.2, 0.25) is 0 Å². The highest BCUT2D eigenvalue weighted by Gasteiger charge is 2.21. The van der Waals surface area contributed by atoms with Gasteiger partial charge >= 0.3 is 0 Å². The minimum atomic E-state index is 0.228. The molecule has 0 bridgehead atoms. The van der Waals surface area contributed by atoms with Gasteiger partial charge in [0.05, 0.1) is 11.4 Å². The van der Waals surface area contributed by atoms with Crippen molar-refractivity contribution in [2.24, 2.45) is 0 Å². The van der Waals surface area contributed by atoms with Crippen molar-refractivity contribution in [3.05, 3.63) is 41.7 Å². The van der Waals surface area contributed by atoms with Gasteiger partial charge in [0.2, 0.25) is 5.91 Å². The maximum Gasteiger partial charge on any atom is 0.227 e. The fraction of sp³-hybridized carbons (Fsp3) is 0.412. The lowest BCUT2D eigenvalue weighted by molar-refractivity contribution is -0.117. The van der Waals surface area contributed by atoms with Crippen molar-refractivity contribution < 1.29 is 4.79 Å². The van der Waals surface area contributed by atoms with Gasteiger partial charge in [0.15, 0.2) is 0 Å². The number of nitrogens with one attached hydrogen (secondary N) is 1. The molecule has 5 heteroatoms. The van der Waals surface area contributed by atoms with Crippen molar-refractivity contribution >= 4 is 11.6 Å². The molecule has 5 nitrogen and oxygen atoms in total. The summed E-state index contributed by atoms with van der Waals surface area (Å²) in [5, 5.41) is 8.11. The number of amides is 1. The molecular formula is C17H20N4O. The average molecular weight is 296 g/mol. The number of anilines is 1. The van der Waals surface area contributed by atoms with Gasteiger partial charge < -0.3 is 10.2 Å². The van der Waals surface area contributed by atoms with Crippen LogP contribution in [0.5, 0.6) is 0 Å². The standard InChI is InChI=1S/C17H20N4O/c22-17-2-1-11-20(17)14-3-5-15(6-4-14)21-12-13-7-9-18-10-8-16(13)19-21/h3-6,12,18H,1-2,7-11H2. The summed E-state index contributed by atoms with van der Waals surface area (Å²) >= 11 is 0. The first-order valence-corrected chi connectivity index (χ1v) is 8.00. The van der Waals surface area contributed by atoms with E-state index >= 15 is 0 Å². The minimum Gasteiger partial charge on any atom is -0.316 e. The fourth-order valence-corrected chi connectivity index (χ4v) is 3.26. The first-order chi connectivity index (χ1) is 10.8. The van der Waals surface area contributed by atoms with Gasteiger partial charge in [-0.15, -0.1) is 0 Å². The molecule has 0 atom stereocenters. The zero-order valence-electron chi connectivity index (χ0n) is 12.6. The summed E-state index contributed by atoms with van der Waals surface area (Å²) in [5.41, 5.74) is 4.58. The summed E-state index contributed by atoms with van der Waals surface area (Å²) in [6.45, 7) is 2.86. The van der Waals surface area contributed by atoms with Crippen LogP contribution in [0, 0.1) is 0 Å². The number of rotatable bonds is 2. The fourth-order valence-electron chi connectivity index (χ4n) is 3.26. The van der Waals surface area contributed by atoms with E-state index in [1.54, 1.807) is 0 Å². The second-order valence-corrected chi connectivity index (χ2v) is 5.96. The molecule has 2 aliphatic rings. The molecule has 0 saturated carbocycles. The lowest BCUT2D eigenvalue weighted by Gasteiger charge is -2.15. The summed E-state index contributed by atoms with van der Waals surface area (Å²) in [4.78, 5) is 13.7. The largest absolute Gasteiger partial charge is 0.316 e. The molecule has 3 heterocycles. The maximum absolute atomic E-state index is 11.8. The van der Waals surface area contributed by atoms with Crippen molar-refractivity contribution in [1.29, 1.82) is 0 Å². The molecule has 114 valence electrons. The molecule has 0 spiro atoms. The van der Waals surface area contributed by atoms with Gasteiger partial charge in [-0.2, -0.15) is 5.10 Å². The van der Waals surface area contributed by atoms with Gasteiger partial charge in [-0.05, 0) is 49.2 Å². The molecule has 2 aromatic rings. The third-order valence-electron chi connectivity index (χ3n) is 4.49. The predicted molar refractivity (Wildman–Crippen MR) is 85.4 cm³/mol. The Hall–Kier alpha value is -2.14. The third-order valence-corrected chi connectivity index (χ3v) is 4.49. The van der Waals surface area contributed by atoms with E-state index in [0.717, 1.165) is 50.3 Å². The van der Waals surface area contributed by atoms with Crippen molar-refractivity contribution in [3.63, 3.8) is 0 Å². The number of benzene rings is 1. The quantitative estimate of drug-likeness (QED) is 0.917. The normalized spacial score (nSPS) is 18.4. The van der Waals surface area contributed by atoms with Crippen LogP contribution in [0.4, 0.5) is 5.69 Å². The zero-order chi connectivity index (χ0) is 14.9. The molecule has 1 aromatic carbocycles. The number of aromatic nitrogens is 2. The molecule has 1 amide bonds. The molecule has 2 aliphatic heterocycles. The van der Waals surface area contributed by atoms with Crippen LogP contribution in [0.25, 0.3) is 5.69 Å². The van der Waals surface area contributed by atoms with Gasteiger partial charge in [-0.3, -0.25) is 4.79 Å². The van der Waals surface area contributed by atoms with E-state index in [2.05, 4.69) is 11.5 Å². The van der Waals surface area contributed by atoms with E-state index in [9.17, 15) is 4.79 Å². The lowest BCUT2D eigenvalue weighted by Crippen LogP contribution is -2.23. The van der Waals surface area contributed by atoms with Gasteiger partial charge in [0, 0.05) is 37.8 Å². The van der Waals surface area contributed by atoms with E-state index in [1.807, 2.05) is 33.8 Å². The van der Waals surface area contributed by atoms with E-state index in [-0.39, 0.29) is 5.91 Å². The van der Waals surface area contributed by atoms with Gasteiger partial charge in [0.1, 0.15) is 0 Å². The van der Waals surface area contributed by atoms with Crippen LogP contribution >= 0.6 is 0 Å². The monoisotopic (exact) mass is 296 g/mol. The van der Waals surface area contributed by atoms with Gasteiger partial charge in [0.25, 0.3) is 0 Å². The first kappa shape index (κ1) is 13.5. The lowest BCUT2D eigenvalue weighted by atomic mass is 10.2. The van der Waals surface area contributed by atoms with E-state index in [4.69, 9.17) is 5.10 Å². The summed E-state index contributed by atoms with van der Waals surface area (Å²) in [6.07, 6.45) is 5.79. The number of fused-ring (bicyclic) bond motifs is 1. The number of nitrogens with zero attached hydrogens (tertiary/aromatic N) is 3. The molecule has 1 aromatic heterocycles. The van der Waals surface area contributed by atoms with E-state index < -0.39 is 0 Å². The van der Waals surface area contributed by atoms with E-state index in [1.165, 1.54) is 11.3 Å². The number of hydrogen-bond donors (Lipinski definition) is 1. The molecular weight excluding hydrogens is 276 g/mol. The predicted octanol–water partition coefficient (Wildman–Crippen LogP) is 1.69. The Morgan fingerprint density at radius 2 is 1.77 bits per heavy atom. The van der Waals surface area contributed by atoms with Gasteiger partial charge in [-0.1, -0.05) is 0 Å². The molecule has 22 heavy (non-hydrogen) atoms. The Morgan fingerprint density at radius 3 is 2.55 bits per heavy atom. The maximum atomic E-state index is 11.8. The molecule has 1 N–H and O–H groups in total. The summed E-state index contributed by atoms with van der Waals surface area (Å²) in [7, 11) is 0. The second kappa shape index (κ2) is 5.57. The number of carbonyl (C=O) groups excluding carboxylic acids is 1. The average Bonchev–Trinajstić information content (AvgIpc) is 3.08. The van der Waals surface area contributed by atoms with Gasteiger partial charge in [-0.25, -0.2) is 4.68 Å². The Bertz CT molecular complexity index is 666. The third kappa shape index (κ3) is 2.41. The van der Waals surface area contributed by atoms with Crippen LogP contribution < -0.4 is 10.2 Å². The zero-order valence-corrected chi connectivity index (χ0v) is 12.6. The molecule has 0 radical (unpaired) electrons. The number of carbonyl (C=O) groups is 1. The molecule has 4 rings (SSSR count). The molecule has 1 fully saturated rings. The highest BCUT2D eigenvalue weighted by molar-refractivity contribution is 5.95. The highest BCUT2D eigenvalue weighted by Crippen LogP contribution is 2.23. The van der Waals surface area contributed by atoms with Crippen molar-refractivity contribution in [1.82, 2.24) is 15.1 Å². The SMILES string of the molecule is O=C1CCCN1c1ccc(-n2cc3c(n2)CCNCC3)cc1. The highest BCUT2D eigenvalue weighted by atomic mass is 16.2. The van der Waals surface area contributed by atoms with Crippen molar-refractivity contribution in [2.45, 2.75) is 25.7 Å². The second-order valence-electron chi connectivity index (χ2n) is 5.96. The van der Waals surface area contributed by atoms with Crippen LogP contribution in [0.3, 0.4) is 0 Å². The van der Waals surface area contributed by atoms with E-state index in [0.29, 0.717) is 6.42 Å². The summed E-state index contributed by atoms with van der Waals surface area (Å²) < 4.78 is 1.96. The van der Waals surface area contributed by atoms with Crippen molar-refractivity contribution in [3.8, 4) is 5.69 Å². The summed E-state index contributed by atoms with van der Waals surface area (Å²) in [6, 6.07) is 8.14. The van der Waals surface area contributed by atoms with Crippen LogP contribution in [-0.4, -0.2) is 35.3 Å². The van der Waals surface area contributed by atoms with Crippen LogP contribution in [-0.2, 0) is 17.6 Å². The Balaban J connectivity index is 1.59. The summed E-state index contributed by atoms with van der Waals surface area (Å²) in [5.74, 6) is 0.228. The van der Waals surface area contributed by atoms with Crippen LogP contribution in [0.15, 0.2) is 30.5 Å². The molecule has 0 aliphatic carbocycles. The first-order valence-electron chi connectivity index (χ1n) is 8.00. The van der Waals surface area contributed by atoms with Crippen molar-refractivity contribution in [2.75, 3.05) is 24.5 Å². The molecule has 1 saturated heterocycles. The Morgan fingerprint density at radius 1 is 1.00 bits per heavy atom. The number of hydrogen-bond acceptors (Lipinski definition) is 3. The topological polar surface area (TPSA) is 50.2 Å². The smallest absolute Gasteiger partial charge is 0.227 e. The minimum absolute atomic E-state index is 0.228. The van der Waals surface area contributed by atoms with Crippen LogP contribution in [0.1, 0.15) is 24.1 Å². The Labute approximate surface area is 129 Å². The molecule has 0 unspecified atom stereocenters.